The van der Waals surface area contributed by atoms with Crippen molar-refractivity contribution in [2.45, 2.75) is 45.3 Å². The maximum absolute atomic E-state index is 13.7. The van der Waals surface area contributed by atoms with E-state index in [4.69, 9.17) is 14.9 Å². The highest BCUT2D eigenvalue weighted by Crippen LogP contribution is 2.31. The Morgan fingerprint density at radius 2 is 1.84 bits per heavy atom. The number of carboxylic acids is 1. The number of fused-ring (bicyclic) bond motifs is 1. The summed E-state index contributed by atoms with van der Waals surface area (Å²) in [7, 11) is 2.20. The van der Waals surface area contributed by atoms with Crippen molar-refractivity contribution in [3.05, 3.63) is 49.1 Å². The van der Waals surface area contributed by atoms with E-state index in [1.807, 2.05) is 52.5 Å². The van der Waals surface area contributed by atoms with Crippen LogP contribution in [0.5, 0.6) is 0 Å². The van der Waals surface area contributed by atoms with Gasteiger partial charge in [0, 0.05) is 37.0 Å². The van der Waals surface area contributed by atoms with E-state index in [0.29, 0.717) is 17.7 Å². The number of carbonyl (C=O) groups excluding carboxylic acids is 1. The number of alkyl halides is 3. The Morgan fingerprint density at radius 1 is 1.13 bits per heavy atom. The molecular weight excluding hydrogens is 591 g/mol. The van der Waals surface area contributed by atoms with Gasteiger partial charge in [-0.05, 0) is 56.3 Å². The van der Waals surface area contributed by atoms with Crippen LogP contribution in [0.1, 0.15) is 33.1 Å². The number of urea groups is 1. The number of anilines is 1. The molecular formula is C30H36F3N9O3. The number of benzene rings is 1. The zero-order valence-corrected chi connectivity index (χ0v) is 25.3. The third-order valence-electron chi connectivity index (χ3n) is 8.24. The third-order valence-corrected chi connectivity index (χ3v) is 8.24. The minimum Gasteiger partial charge on any atom is -0.475 e. The molecule has 2 fully saturated rings. The molecule has 0 radical (unpaired) electrons. The number of carboxylic acid groups (broad SMARTS) is 1. The maximum Gasteiger partial charge on any atom is 0.490 e. The first-order valence-electron chi connectivity index (χ1n) is 14.8. The van der Waals surface area contributed by atoms with E-state index in [9.17, 15) is 18.0 Å². The number of likely N-dealkylation sites (tertiary alicyclic amines) is 1. The van der Waals surface area contributed by atoms with Crippen LogP contribution in [0.2, 0.25) is 0 Å². The summed E-state index contributed by atoms with van der Waals surface area (Å²) in [5, 5.41) is 18.5. The van der Waals surface area contributed by atoms with Gasteiger partial charge in [0.05, 0.1) is 12.2 Å². The fourth-order valence-corrected chi connectivity index (χ4v) is 5.84. The lowest BCUT2D eigenvalue weighted by atomic mass is 9.95. The monoisotopic (exact) mass is 627 g/mol. The molecule has 2 N–H and O–H groups in total. The van der Waals surface area contributed by atoms with Crippen molar-refractivity contribution in [2.75, 3.05) is 38.1 Å². The van der Waals surface area contributed by atoms with Gasteiger partial charge < -0.3 is 14.9 Å². The number of aromatic nitrogens is 6. The average molecular weight is 628 g/mol. The van der Waals surface area contributed by atoms with Gasteiger partial charge in [-0.3, -0.25) is 10.00 Å². The molecule has 2 atom stereocenters. The summed E-state index contributed by atoms with van der Waals surface area (Å²) in [5.41, 5.74) is 3.61. The van der Waals surface area contributed by atoms with Crippen molar-refractivity contribution < 1.29 is 27.9 Å². The molecule has 0 spiro atoms. The Labute approximate surface area is 257 Å². The number of nitrogens with one attached hydrogen (secondary N) is 1. The minimum absolute atomic E-state index is 0.0576. The smallest absolute Gasteiger partial charge is 0.475 e. The van der Waals surface area contributed by atoms with E-state index < -0.39 is 12.1 Å². The summed E-state index contributed by atoms with van der Waals surface area (Å²) in [6.45, 7) is 8.21. The van der Waals surface area contributed by atoms with Crippen molar-refractivity contribution in [3.8, 4) is 22.5 Å². The van der Waals surface area contributed by atoms with E-state index in [1.165, 1.54) is 25.7 Å². The molecule has 3 aromatic heterocycles. The Kier molecular flexibility index (Phi) is 9.37. The molecule has 2 saturated heterocycles. The van der Waals surface area contributed by atoms with Gasteiger partial charge in [0.15, 0.2) is 11.5 Å². The lowest BCUT2D eigenvalue weighted by Gasteiger charge is -2.30. The SMILES string of the molecule is CC(C)[C@H]1CN(CCC2CCCN(C)C2)C(=O)N1c1ccn2ncc(-c3ccc(-c4ncn[nH]4)cc3)c2n1.O=C(O)C(F)(F)F. The summed E-state index contributed by atoms with van der Waals surface area (Å²) in [6, 6.07) is 10.1. The number of amides is 2. The van der Waals surface area contributed by atoms with Gasteiger partial charge in [-0.2, -0.15) is 23.4 Å². The Hall–Kier alpha value is -4.53. The molecule has 0 bridgehead atoms. The number of aromatic amines is 1. The zero-order valence-electron chi connectivity index (χ0n) is 25.3. The van der Waals surface area contributed by atoms with Gasteiger partial charge in [0.25, 0.3) is 0 Å². The van der Waals surface area contributed by atoms with Gasteiger partial charge in [0.2, 0.25) is 0 Å². The third kappa shape index (κ3) is 7.24. The van der Waals surface area contributed by atoms with Crippen LogP contribution in [0.25, 0.3) is 28.2 Å². The van der Waals surface area contributed by atoms with Crippen LogP contribution in [0, 0.1) is 11.8 Å². The van der Waals surface area contributed by atoms with E-state index >= 15 is 0 Å². The van der Waals surface area contributed by atoms with Crippen LogP contribution in [0.3, 0.4) is 0 Å². The zero-order chi connectivity index (χ0) is 32.3. The highest BCUT2D eigenvalue weighted by atomic mass is 19.4. The fraction of sp³-hybridized carbons (Fsp3) is 0.467. The van der Waals surface area contributed by atoms with Crippen LogP contribution in [0.15, 0.2) is 49.1 Å². The summed E-state index contributed by atoms with van der Waals surface area (Å²) in [6.07, 6.45) is 3.70. The van der Waals surface area contributed by atoms with Gasteiger partial charge in [-0.1, -0.05) is 38.1 Å². The summed E-state index contributed by atoms with van der Waals surface area (Å²) >= 11 is 0. The second-order valence-corrected chi connectivity index (χ2v) is 11.8. The van der Waals surface area contributed by atoms with Gasteiger partial charge in [-0.25, -0.2) is 24.1 Å². The van der Waals surface area contributed by atoms with Gasteiger partial charge >= 0.3 is 18.2 Å². The molecule has 0 aliphatic carbocycles. The number of hydrogen-bond donors (Lipinski definition) is 2. The molecule has 45 heavy (non-hydrogen) atoms. The number of carbonyl (C=O) groups is 2. The lowest BCUT2D eigenvalue weighted by Crippen LogP contribution is -2.39. The fourth-order valence-electron chi connectivity index (χ4n) is 5.84. The largest absolute Gasteiger partial charge is 0.490 e. The van der Waals surface area contributed by atoms with Crippen LogP contribution < -0.4 is 4.90 Å². The summed E-state index contributed by atoms with van der Waals surface area (Å²) < 4.78 is 33.5. The van der Waals surface area contributed by atoms with Gasteiger partial charge in [0.1, 0.15) is 12.1 Å². The second-order valence-electron chi connectivity index (χ2n) is 11.8. The van der Waals surface area contributed by atoms with E-state index in [2.05, 4.69) is 46.1 Å². The van der Waals surface area contributed by atoms with E-state index in [1.54, 1.807) is 4.52 Å². The van der Waals surface area contributed by atoms with Crippen molar-refractivity contribution in [2.24, 2.45) is 11.8 Å². The lowest BCUT2D eigenvalue weighted by molar-refractivity contribution is -0.192. The molecule has 15 heteroatoms. The molecule has 2 aliphatic heterocycles. The molecule has 2 aliphatic rings. The van der Waals surface area contributed by atoms with Crippen molar-refractivity contribution in [1.29, 1.82) is 0 Å². The number of rotatable bonds is 7. The average Bonchev–Trinajstić information content (AvgIpc) is 3.75. The maximum atomic E-state index is 13.7. The Morgan fingerprint density at radius 3 is 2.47 bits per heavy atom. The van der Waals surface area contributed by atoms with Crippen LogP contribution in [-0.4, -0.2) is 102 Å². The van der Waals surface area contributed by atoms with Crippen molar-refractivity contribution in [1.82, 2.24) is 39.6 Å². The van der Waals surface area contributed by atoms with Gasteiger partial charge in [-0.15, -0.1) is 0 Å². The minimum atomic E-state index is -5.08. The molecule has 1 unspecified atom stereocenters. The molecule has 240 valence electrons. The van der Waals surface area contributed by atoms with Crippen LogP contribution in [-0.2, 0) is 4.79 Å². The molecule has 2 amide bonds. The van der Waals surface area contributed by atoms with Crippen LogP contribution >= 0.6 is 0 Å². The normalized spacial score (nSPS) is 19.3. The predicted molar refractivity (Wildman–Crippen MR) is 160 cm³/mol. The molecule has 1 aromatic carbocycles. The first kappa shape index (κ1) is 31.9. The highest BCUT2D eigenvalue weighted by molar-refractivity contribution is 5.94. The Bertz CT molecular complexity index is 1610. The Balaban J connectivity index is 0.000000515. The summed E-state index contributed by atoms with van der Waals surface area (Å²) in [4.78, 5) is 38.2. The molecule has 5 heterocycles. The number of halogens is 3. The van der Waals surface area contributed by atoms with E-state index in [-0.39, 0.29) is 12.1 Å². The first-order valence-corrected chi connectivity index (χ1v) is 14.8. The molecule has 0 saturated carbocycles. The number of H-pyrrole nitrogens is 1. The second kappa shape index (κ2) is 13.2. The quantitative estimate of drug-likeness (QED) is 0.298. The molecule has 6 rings (SSSR count). The molecule has 12 nitrogen and oxygen atoms in total. The summed E-state index contributed by atoms with van der Waals surface area (Å²) in [5.74, 6) is -0.374. The van der Waals surface area contributed by atoms with Crippen molar-refractivity contribution in [3.63, 3.8) is 0 Å². The standard InChI is InChI=1S/C28H35N9O.C2HF3O2/c1-19(2)24-17-35(13-10-20-5-4-12-34(3)16-20)28(38)37(24)25-11-14-36-27(32-25)23(15-31-36)21-6-8-22(9-7-21)26-29-18-30-33-26;3-2(4,5)1(6)7/h6-9,11,14-15,18-20,24H,4-5,10,12-13,16-17H2,1-3H3,(H,29,30,33);(H,6,7)/t20?,24-;/m1./s1. The van der Waals surface area contributed by atoms with Crippen LogP contribution in [0.4, 0.5) is 23.8 Å². The topological polar surface area (TPSA) is 136 Å². The number of piperidine rings is 1. The highest BCUT2D eigenvalue weighted by Gasteiger charge is 2.41. The van der Waals surface area contributed by atoms with Crippen molar-refractivity contribution >= 4 is 23.5 Å². The predicted octanol–water partition coefficient (Wildman–Crippen LogP) is 4.81. The molecule has 4 aromatic rings. The number of hydrogen-bond acceptors (Lipinski definition) is 7. The first-order chi connectivity index (χ1) is 21.4. The number of nitrogens with zero attached hydrogens (tertiary/aromatic N) is 8. The number of aliphatic carboxylic acids is 1. The van der Waals surface area contributed by atoms with E-state index in [0.717, 1.165) is 54.2 Å².